The number of hydrogen-bond acceptors (Lipinski definition) is 4. The van der Waals surface area contributed by atoms with Gasteiger partial charge in [0, 0.05) is 17.3 Å². The summed E-state index contributed by atoms with van der Waals surface area (Å²) >= 11 is 1.70. The Morgan fingerprint density at radius 3 is 2.37 bits per heavy atom. The third-order valence-corrected chi connectivity index (χ3v) is 4.59. The number of methoxy groups -OCH3 is 1. The first-order valence-electron chi connectivity index (χ1n) is 6.69. The van der Waals surface area contributed by atoms with Crippen LogP contribution in [0.1, 0.15) is 31.9 Å². The second-order valence-corrected chi connectivity index (χ2v) is 5.72. The van der Waals surface area contributed by atoms with E-state index < -0.39 is 0 Å². The molecule has 1 aromatic carbocycles. The Bertz CT molecular complexity index is 352. The molecule has 1 aromatic rings. The molecule has 0 saturated heterocycles. The Morgan fingerprint density at radius 1 is 1.32 bits per heavy atom. The molecule has 2 N–H and O–H groups in total. The molecule has 19 heavy (non-hydrogen) atoms. The SMILES string of the molecule is CCC(NC(C)C(CO)SC)c1ccc(OC)cc1. The normalized spacial score (nSPS) is 15.8. The maximum absolute atomic E-state index is 9.34. The predicted octanol–water partition coefficient (Wildman–Crippen LogP) is 2.85. The van der Waals surface area contributed by atoms with Gasteiger partial charge < -0.3 is 15.2 Å². The van der Waals surface area contributed by atoms with Gasteiger partial charge in [-0.3, -0.25) is 0 Å². The molecule has 0 aromatic heterocycles. The third-order valence-electron chi connectivity index (χ3n) is 3.43. The average Bonchev–Trinajstić information content (AvgIpc) is 2.46. The third kappa shape index (κ3) is 4.71. The van der Waals surface area contributed by atoms with E-state index in [4.69, 9.17) is 4.74 Å². The van der Waals surface area contributed by atoms with Gasteiger partial charge >= 0.3 is 0 Å². The Balaban J connectivity index is 2.71. The van der Waals surface area contributed by atoms with E-state index in [1.807, 2.05) is 18.4 Å². The molecule has 0 radical (unpaired) electrons. The summed E-state index contributed by atoms with van der Waals surface area (Å²) < 4.78 is 5.18. The van der Waals surface area contributed by atoms with Crippen LogP contribution >= 0.6 is 11.8 Å². The highest BCUT2D eigenvalue weighted by atomic mass is 32.2. The Hall–Kier alpha value is -0.710. The van der Waals surface area contributed by atoms with Crippen molar-refractivity contribution in [3.63, 3.8) is 0 Å². The van der Waals surface area contributed by atoms with Gasteiger partial charge in [-0.05, 0) is 37.3 Å². The van der Waals surface area contributed by atoms with Gasteiger partial charge in [-0.2, -0.15) is 11.8 Å². The standard InChI is InChI=1S/C15H25NO2S/c1-5-14(16-11(2)15(10-17)19-4)12-6-8-13(18-3)9-7-12/h6-9,11,14-17H,5,10H2,1-4H3. The fraction of sp³-hybridized carbons (Fsp3) is 0.600. The Labute approximate surface area is 120 Å². The van der Waals surface area contributed by atoms with Crippen LogP contribution in [0.25, 0.3) is 0 Å². The molecule has 4 heteroatoms. The lowest BCUT2D eigenvalue weighted by Gasteiger charge is -2.27. The summed E-state index contributed by atoms with van der Waals surface area (Å²) in [6.07, 6.45) is 3.05. The van der Waals surface area contributed by atoms with E-state index in [0.29, 0.717) is 6.04 Å². The van der Waals surface area contributed by atoms with Crippen molar-refractivity contribution in [2.45, 2.75) is 37.6 Å². The Morgan fingerprint density at radius 2 is 1.95 bits per heavy atom. The van der Waals surface area contributed by atoms with Gasteiger partial charge in [-0.1, -0.05) is 19.1 Å². The smallest absolute Gasteiger partial charge is 0.118 e. The number of benzene rings is 1. The fourth-order valence-corrected chi connectivity index (χ4v) is 2.78. The van der Waals surface area contributed by atoms with Gasteiger partial charge in [0.2, 0.25) is 0 Å². The molecule has 0 bridgehead atoms. The molecule has 0 spiro atoms. The number of ether oxygens (including phenoxy) is 1. The second-order valence-electron chi connectivity index (χ2n) is 4.65. The van der Waals surface area contributed by atoms with Crippen LogP contribution in [0.4, 0.5) is 0 Å². The maximum Gasteiger partial charge on any atom is 0.118 e. The molecular weight excluding hydrogens is 258 g/mol. The summed E-state index contributed by atoms with van der Waals surface area (Å²) in [5.41, 5.74) is 1.26. The summed E-state index contributed by atoms with van der Waals surface area (Å²) in [6.45, 7) is 4.50. The summed E-state index contributed by atoms with van der Waals surface area (Å²) in [6, 6.07) is 8.75. The van der Waals surface area contributed by atoms with Crippen molar-refractivity contribution in [3.05, 3.63) is 29.8 Å². The molecule has 0 saturated carbocycles. The van der Waals surface area contributed by atoms with Gasteiger partial charge in [0.1, 0.15) is 5.75 Å². The number of aliphatic hydroxyl groups excluding tert-OH is 1. The van der Waals surface area contributed by atoms with Gasteiger partial charge in [0.15, 0.2) is 0 Å². The molecule has 1 rings (SSSR count). The zero-order chi connectivity index (χ0) is 14.3. The van der Waals surface area contributed by atoms with E-state index in [-0.39, 0.29) is 17.9 Å². The molecule has 0 heterocycles. The number of thioether (sulfide) groups is 1. The van der Waals surface area contributed by atoms with Crippen LogP contribution in [0, 0.1) is 0 Å². The van der Waals surface area contributed by atoms with Crippen molar-refractivity contribution in [1.82, 2.24) is 5.32 Å². The van der Waals surface area contributed by atoms with Gasteiger partial charge in [0.05, 0.1) is 13.7 Å². The first-order chi connectivity index (χ1) is 9.15. The van der Waals surface area contributed by atoms with Gasteiger partial charge in [0.25, 0.3) is 0 Å². The van der Waals surface area contributed by atoms with Crippen LogP contribution in [0.3, 0.4) is 0 Å². The van der Waals surface area contributed by atoms with Gasteiger partial charge in [-0.25, -0.2) is 0 Å². The minimum atomic E-state index is 0.203. The van der Waals surface area contributed by atoms with Crippen molar-refractivity contribution < 1.29 is 9.84 Å². The molecular formula is C15H25NO2S. The minimum Gasteiger partial charge on any atom is -0.497 e. The lowest BCUT2D eigenvalue weighted by atomic mass is 10.0. The van der Waals surface area contributed by atoms with Crippen molar-refractivity contribution in [1.29, 1.82) is 0 Å². The molecule has 108 valence electrons. The highest BCUT2D eigenvalue weighted by Gasteiger charge is 2.19. The summed E-state index contributed by atoms with van der Waals surface area (Å²) in [5.74, 6) is 0.879. The number of aliphatic hydroxyl groups is 1. The van der Waals surface area contributed by atoms with Crippen LogP contribution < -0.4 is 10.1 Å². The highest BCUT2D eigenvalue weighted by molar-refractivity contribution is 7.99. The van der Waals surface area contributed by atoms with Crippen molar-refractivity contribution >= 4 is 11.8 Å². The van der Waals surface area contributed by atoms with Crippen LogP contribution in [-0.4, -0.2) is 36.4 Å². The first kappa shape index (κ1) is 16.3. The lowest BCUT2D eigenvalue weighted by Crippen LogP contribution is -2.39. The van der Waals surface area contributed by atoms with E-state index >= 15 is 0 Å². The molecule has 3 nitrogen and oxygen atoms in total. The minimum absolute atomic E-state index is 0.203. The van der Waals surface area contributed by atoms with Crippen molar-refractivity contribution in [2.75, 3.05) is 20.0 Å². The van der Waals surface area contributed by atoms with E-state index in [1.54, 1.807) is 18.9 Å². The van der Waals surface area contributed by atoms with Crippen LogP contribution in [0.2, 0.25) is 0 Å². The van der Waals surface area contributed by atoms with Gasteiger partial charge in [-0.15, -0.1) is 0 Å². The largest absolute Gasteiger partial charge is 0.497 e. The maximum atomic E-state index is 9.34. The Kier molecular flexibility index (Phi) is 7.28. The van der Waals surface area contributed by atoms with E-state index in [2.05, 4.69) is 31.3 Å². The number of hydrogen-bond donors (Lipinski definition) is 2. The zero-order valence-electron chi connectivity index (χ0n) is 12.2. The summed E-state index contributed by atoms with van der Waals surface area (Å²) in [4.78, 5) is 0. The van der Waals surface area contributed by atoms with Crippen LogP contribution in [-0.2, 0) is 0 Å². The molecule has 0 aliphatic heterocycles. The molecule has 0 amide bonds. The monoisotopic (exact) mass is 283 g/mol. The molecule has 3 atom stereocenters. The van der Waals surface area contributed by atoms with Crippen molar-refractivity contribution in [3.8, 4) is 5.75 Å². The topological polar surface area (TPSA) is 41.5 Å². The summed E-state index contributed by atoms with van der Waals surface area (Å²) in [5, 5.41) is 13.2. The number of nitrogens with one attached hydrogen (secondary N) is 1. The average molecular weight is 283 g/mol. The highest BCUT2D eigenvalue weighted by Crippen LogP contribution is 2.22. The lowest BCUT2D eigenvalue weighted by molar-refractivity contribution is 0.269. The molecule has 0 aliphatic carbocycles. The predicted molar refractivity (Wildman–Crippen MR) is 83.0 cm³/mol. The zero-order valence-corrected chi connectivity index (χ0v) is 13.0. The number of rotatable bonds is 8. The van der Waals surface area contributed by atoms with Crippen LogP contribution in [0.15, 0.2) is 24.3 Å². The second kappa shape index (κ2) is 8.46. The molecule has 0 fully saturated rings. The van der Waals surface area contributed by atoms with Crippen LogP contribution in [0.5, 0.6) is 5.75 Å². The van der Waals surface area contributed by atoms with E-state index in [9.17, 15) is 5.11 Å². The van der Waals surface area contributed by atoms with E-state index in [0.717, 1.165) is 12.2 Å². The summed E-state index contributed by atoms with van der Waals surface area (Å²) in [7, 11) is 1.68. The molecule has 3 unspecified atom stereocenters. The quantitative estimate of drug-likeness (QED) is 0.770. The fourth-order valence-electron chi connectivity index (χ4n) is 2.15. The van der Waals surface area contributed by atoms with Crippen molar-refractivity contribution in [2.24, 2.45) is 0 Å². The molecule has 0 aliphatic rings. The van der Waals surface area contributed by atoms with E-state index in [1.165, 1.54) is 5.56 Å². The first-order valence-corrected chi connectivity index (χ1v) is 7.98.